The summed E-state index contributed by atoms with van der Waals surface area (Å²) in [6.07, 6.45) is 1.21. The highest BCUT2D eigenvalue weighted by atomic mass is 19.1. The molecule has 8 nitrogen and oxygen atoms in total. The maximum absolute atomic E-state index is 14.9. The molecule has 1 aliphatic rings. The van der Waals surface area contributed by atoms with Gasteiger partial charge in [0.1, 0.15) is 17.3 Å². The fourth-order valence-corrected chi connectivity index (χ4v) is 6.28. The highest BCUT2D eigenvalue weighted by Crippen LogP contribution is 2.43. The number of likely N-dealkylation sites (tertiary alicyclic amines) is 1. The average molecular weight is 590 g/mol. The minimum Gasteiger partial charge on any atom is -0.508 e. The van der Waals surface area contributed by atoms with Gasteiger partial charge in [-0.05, 0) is 81.9 Å². The van der Waals surface area contributed by atoms with Gasteiger partial charge in [0.05, 0.1) is 6.04 Å². The summed E-state index contributed by atoms with van der Waals surface area (Å²) in [5.41, 5.74) is 1.58. The Bertz CT molecular complexity index is 1410. The lowest BCUT2D eigenvalue weighted by molar-refractivity contribution is -0.125. The molecule has 3 atom stereocenters. The van der Waals surface area contributed by atoms with Gasteiger partial charge < -0.3 is 20.4 Å². The molecule has 1 aliphatic heterocycles. The molecule has 4 rings (SSSR count). The summed E-state index contributed by atoms with van der Waals surface area (Å²) in [4.78, 5) is 44.7. The molecule has 228 valence electrons. The molecule has 43 heavy (non-hydrogen) atoms. The molecule has 1 amide bonds. The first-order valence-electron chi connectivity index (χ1n) is 14.5. The number of nitrogens with zero attached hydrogens (tertiary/aromatic N) is 2. The molecule has 0 unspecified atom stereocenters. The van der Waals surface area contributed by atoms with Crippen molar-refractivity contribution in [1.29, 1.82) is 0 Å². The molecule has 3 N–H and O–H groups in total. The van der Waals surface area contributed by atoms with Gasteiger partial charge in [-0.3, -0.25) is 19.3 Å². The molecule has 3 aromatic rings. The first-order valence-corrected chi connectivity index (χ1v) is 14.5. The monoisotopic (exact) mass is 589 g/mol. The van der Waals surface area contributed by atoms with Gasteiger partial charge in [0.2, 0.25) is 5.91 Å². The minimum absolute atomic E-state index is 0.0479. The fourth-order valence-electron chi connectivity index (χ4n) is 6.28. The van der Waals surface area contributed by atoms with Crippen LogP contribution >= 0.6 is 0 Å². The maximum atomic E-state index is 14.9. The van der Waals surface area contributed by atoms with Crippen molar-refractivity contribution in [2.24, 2.45) is 11.8 Å². The lowest BCUT2D eigenvalue weighted by atomic mass is 9.67. The number of likely N-dealkylation sites (N-methyl/N-ethyl adjacent to an activating group) is 2. The zero-order chi connectivity index (χ0) is 31.3. The topological polar surface area (TPSA) is 110 Å². The van der Waals surface area contributed by atoms with E-state index in [9.17, 15) is 29.0 Å². The summed E-state index contributed by atoms with van der Waals surface area (Å²) in [6, 6.07) is 16.7. The predicted octanol–water partition coefficient (Wildman–Crippen LogP) is 4.40. The summed E-state index contributed by atoms with van der Waals surface area (Å²) in [7, 11) is 5.30. The summed E-state index contributed by atoms with van der Waals surface area (Å²) in [5.74, 6) is -3.22. The number of phenolic OH excluding ortho intramolecular Hbond substituents is 2. The minimum atomic E-state index is -0.731. The van der Waals surface area contributed by atoms with Crippen molar-refractivity contribution in [3.05, 3.63) is 94.8 Å². The lowest BCUT2D eigenvalue weighted by Crippen LogP contribution is -2.51. The molecule has 0 saturated carbocycles. The third-order valence-electron chi connectivity index (χ3n) is 8.50. The van der Waals surface area contributed by atoms with E-state index in [1.807, 2.05) is 19.0 Å². The van der Waals surface area contributed by atoms with Crippen LogP contribution in [0.2, 0.25) is 0 Å². The van der Waals surface area contributed by atoms with Crippen molar-refractivity contribution in [2.75, 3.05) is 40.8 Å². The number of carbonyl (C=O) groups excluding carboxylic acids is 3. The Kier molecular flexibility index (Phi) is 10.3. The number of amides is 1. The van der Waals surface area contributed by atoms with Crippen molar-refractivity contribution in [3.63, 3.8) is 0 Å². The van der Waals surface area contributed by atoms with Gasteiger partial charge in [-0.1, -0.05) is 36.4 Å². The smallest absolute Gasteiger partial charge is 0.237 e. The summed E-state index contributed by atoms with van der Waals surface area (Å²) < 4.78 is 14.9. The normalized spacial score (nSPS) is 18.4. The SMILES string of the molecule is CNC(=O)[C@@H](CCCN1C[C@H](C(=O)c2cccc(O)c2)C(c2cccc(F)c2C)[C@@H](C(=O)c2cccc(O)c2)C1)N(C)C. The molecule has 0 radical (unpaired) electrons. The zero-order valence-electron chi connectivity index (χ0n) is 25.1. The van der Waals surface area contributed by atoms with Gasteiger partial charge >= 0.3 is 0 Å². The van der Waals surface area contributed by atoms with E-state index in [4.69, 9.17) is 0 Å². The first-order chi connectivity index (χ1) is 20.5. The van der Waals surface area contributed by atoms with E-state index >= 15 is 0 Å². The van der Waals surface area contributed by atoms with E-state index in [1.54, 1.807) is 50.4 Å². The Morgan fingerprint density at radius 1 is 0.930 bits per heavy atom. The number of ketones is 2. The second-order valence-electron chi connectivity index (χ2n) is 11.5. The molecule has 9 heteroatoms. The lowest BCUT2D eigenvalue weighted by Gasteiger charge is -2.43. The fraction of sp³-hybridized carbons (Fsp3) is 0.382. The third-order valence-corrected chi connectivity index (χ3v) is 8.50. The van der Waals surface area contributed by atoms with E-state index in [2.05, 4.69) is 10.2 Å². The van der Waals surface area contributed by atoms with Crippen LogP contribution in [0.1, 0.15) is 50.6 Å². The van der Waals surface area contributed by atoms with E-state index < -0.39 is 23.6 Å². The summed E-state index contributed by atoms with van der Waals surface area (Å²) in [6.45, 7) is 2.81. The highest BCUT2D eigenvalue weighted by Gasteiger charge is 2.45. The van der Waals surface area contributed by atoms with E-state index in [0.29, 0.717) is 54.7 Å². The van der Waals surface area contributed by atoms with Crippen LogP contribution in [0.4, 0.5) is 4.39 Å². The van der Waals surface area contributed by atoms with Crippen LogP contribution in [-0.2, 0) is 4.79 Å². The maximum Gasteiger partial charge on any atom is 0.237 e. The second-order valence-corrected chi connectivity index (χ2v) is 11.5. The first kappa shape index (κ1) is 31.8. The van der Waals surface area contributed by atoms with Crippen LogP contribution in [0.25, 0.3) is 0 Å². The van der Waals surface area contributed by atoms with Crippen LogP contribution in [-0.4, -0.2) is 84.3 Å². The van der Waals surface area contributed by atoms with Crippen LogP contribution < -0.4 is 5.32 Å². The third kappa shape index (κ3) is 7.29. The van der Waals surface area contributed by atoms with Gasteiger partial charge in [-0.15, -0.1) is 0 Å². The van der Waals surface area contributed by atoms with Gasteiger partial charge in [0.15, 0.2) is 11.6 Å². The van der Waals surface area contributed by atoms with Crippen molar-refractivity contribution in [3.8, 4) is 11.5 Å². The number of carbonyl (C=O) groups is 3. The van der Waals surface area contributed by atoms with E-state index in [1.165, 1.54) is 30.3 Å². The molecule has 0 bridgehead atoms. The van der Waals surface area contributed by atoms with Crippen molar-refractivity contribution >= 4 is 17.5 Å². The molecular formula is C34H40FN3O5. The number of Topliss-reactive ketones (excluding diaryl/α,β-unsaturated/α-hetero) is 2. The van der Waals surface area contributed by atoms with Crippen LogP contribution in [0.15, 0.2) is 66.7 Å². The Morgan fingerprint density at radius 3 is 1.95 bits per heavy atom. The van der Waals surface area contributed by atoms with Gasteiger partial charge in [-0.2, -0.15) is 0 Å². The Balaban J connectivity index is 1.76. The van der Waals surface area contributed by atoms with Crippen molar-refractivity contribution in [2.45, 2.75) is 31.7 Å². The predicted molar refractivity (Wildman–Crippen MR) is 163 cm³/mol. The van der Waals surface area contributed by atoms with Crippen molar-refractivity contribution in [1.82, 2.24) is 15.1 Å². The van der Waals surface area contributed by atoms with E-state index in [0.717, 1.165) is 0 Å². The highest BCUT2D eigenvalue weighted by molar-refractivity contribution is 6.02. The number of benzene rings is 3. The largest absolute Gasteiger partial charge is 0.508 e. The van der Waals surface area contributed by atoms with Gasteiger partial charge in [0.25, 0.3) is 0 Å². The van der Waals surface area contributed by atoms with E-state index in [-0.39, 0.29) is 35.0 Å². The number of hydrogen-bond acceptors (Lipinski definition) is 7. The van der Waals surface area contributed by atoms with Gasteiger partial charge in [0, 0.05) is 49.0 Å². The van der Waals surface area contributed by atoms with Crippen molar-refractivity contribution < 1.29 is 29.0 Å². The molecule has 1 fully saturated rings. The van der Waals surface area contributed by atoms with Crippen LogP contribution in [0.3, 0.4) is 0 Å². The average Bonchev–Trinajstić information content (AvgIpc) is 2.99. The number of phenols is 2. The summed E-state index contributed by atoms with van der Waals surface area (Å²) >= 11 is 0. The Labute approximate surface area is 252 Å². The number of halogens is 1. The zero-order valence-corrected chi connectivity index (χ0v) is 25.1. The van der Waals surface area contributed by atoms with Crippen LogP contribution in [0, 0.1) is 24.6 Å². The van der Waals surface area contributed by atoms with Crippen LogP contribution in [0.5, 0.6) is 11.5 Å². The van der Waals surface area contributed by atoms with Gasteiger partial charge in [-0.25, -0.2) is 4.39 Å². The number of rotatable bonds is 11. The summed E-state index contributed by atoms with van der Waals surface area (Å²) in [5, 5.41) is 23.0. The molecule has 0 aromatic heterocycles. The Hall–Kier alpha value is -4.08. The standard InChI is InChI=1S/C34H40FN3O5/c1-21-26(13-7-14-29(21)35)31-27(32(41)22-9-5-11-24(39)17-22)19-38(16-8-15-30(37(3)4)34(43)36-2)20-28(31)33(42)23-10-6-12-25(40)18-23/h5-7,9-14,17-18,27-28,30-31,39-40H,8,15-16,19-20H2,1-4H3,(H,36,43)/t27-,28-,30+/m0/s1. The second kappa shape index (κ2) is 13.9. The number of hydrogen-bond donors (Lipinski definition) is 3. The molecule has 0 aliphatic carbocycles. The number of piperidine rings is 1. The number of nitrogens with one attached hydrogen (secondary N) is 1. The number of aromatic hydroxyl groups is 2. The molecule has 0 spiro atoms. The Morgan fingerprint density at radius 2 is 1.47 bits per heavy atom. The molecule has 1 saturated heterocycles. The molecule has 3 aromatic carbocycles. The molecular weight excluding hydrogens is 549 g/mol. The quantitative estimate of drug-likeness (QED) is 0.285. The molecule has 1 heterocycles.